The molecule has 2 rings (SSSR count). The van der Waals surface area contributed by atoms with Crippen LogP contribution in [0.2, 0.25) is 0 Å². The molecule has 0 spiro atoms. The first-order chi connectivity index (χ1) is 12.0. The zero-order chi connectivity index (χ0) is 18.4. The van der Waals surface area contributed by atoms with Gasteiger partial charge in [-0.2, -0.15) is 0 Å². The van der Waals surface area contributed by atoms with Crippen LogP contribution in [-0.2, 0) is 25.5 Å². The number of ether oxygens (including phenoxy) is 4. The van der Waals surface area contributed by atoms with Crippen LogP contribution in [0, 0.1) is 11.3 Å². The number of carbonyl (C=O) groups is 1. The number of methoxy groups -OCH3 is 3. The summed E-state index contributed by atoms with van der Waals surface area (Å²) in [6.45, 7) is 2.06. The second kappa shape index (κ2) is 8.08. The lowest BCUT2D eigenvalue weighted by Crippen LogP contribution is -2.23. The minimum absolute atomic E-state index is 0.0485. The molecule has 136 valence electrons. The van der Waals surface area contributed by atoms with Crippen molar-refractivity contribution in [3.05, 3.63) is 29.5 Å². The van der Waals surface area contributed by atoms with Crippen molar-refractivity contribution >= 4 is 11.9 Å². The molecule has 0 radical (unpaired) electrons. The average molecular weight is 348 g/mol. The largest absolute Gasteiger partial charge is 0.497 e. The van der Waals surface area contributed by atoms with Gasteiger partial charge < -0.3 is 18.9 Å². The van der Waals surface area contributed by atoms with Crippen molar-refractivity contribution in [1.29, 1.82) is 0 Å². The van der Waals surface area contributed by atoms with E-state index >= 15 is 0 Å². The van der Waals surface area contributed by atoms with E-state index in [-0.39, 0.29) is 24.1 Å². The van der Waals surface area contributed by atoms with Gasteiger partial charge in [-0.15, -0.1) is 0 Å². The first-order valence-electron chi connectivity index (χ1n) is 8.20. The van der Waals surface area contributed by atoms with Crippen molar-refractivity contribution in [2.45, 2.75) is 26.2 Å². The van der Waals surface area contributed by atoms with Crippen molar-refractivity contribution in [2.75, 3.05) is 27.9 Å². The number of benzene rings is 1. The highest BCUT2D eigenvalue weighted by Crippen LogP contribution is 2.59. The smallest absolute Gasteiger partial charge is 0.312 e. The first kappa shape index (κ1) is 18.9. The van der Waals surface area contributed by atoms with Crippen LogP contribution in [0.1, 0.15) is 25.3 Å². The van der Waals surface area contributed by atoms with Gasteiger partial charge in [0.1, 0.15) is 11.5 Å². The number of carbonyl (C=O) groups excluding carboxylic acids is 2. The molecular formula is C19H24O6. The zero-order valence-electron chi connectivity index (χ0n) is 15.1. The van der Waals surface area contributed by atoms with E-state index in [2.05, 4.69) is 0 Å². The molecule has 1 aromatic carbocycles. The zero-order valence-corrected chi connectivity index (χ0v) is 15.1. The van der Waals surface area contributed by atoms with Crippen molar-refractivity contribution in [3.63, 3.8) is 0 Å². The summed E-state index contributed by atoms with van der Waals surface area (Å²) < 4.78 is 20.9. The SMILES string of the molecule is CCOC(=O)C1(CC(=C=O)OC)CC1Cc1ccc(OC)cc1OC. The Morgan fingerprint density at radius 1 is 1.28 bits per heavy atom. The second-order valence-corrected chi connectivity index (χ2v) is 6.07. The van der Waals surface area contributed by atoms with Crippen molar-refractivity contribution in [2.24, 2.45) is 11.3 Å². The number of hydrogen-bond donors (Lipinski definition) is 0. The van der Waals surface area contributed by atoms with Gasteiger partial charge >= 0.3 is 5.97 Å². The van der Waals surface area contributed by atoms with E-state index in [1.165, 1.54) is 7.11 Å². The highest BCUT2D eigenvalue weighted by molar-refractivity contribution is 5.81. The molecule has 0 saturated heterocycles. The molecule has 0 aliphatic heterocycles. The monoisotopic (exact) mass is 348 g/mol. The predicted molar refractivity (Wildman–Crippen MR) is 91.3 cm³/mol. The van der Waals surface area contributed by atoms with E-state index in [9.17, 15) is 9.59 Å². The van der Waals surface area contributed by atoms with Gasteiger partial charge in [-0.25, -0.2) is 4.79 Å². The van der Waals surface area contributed by atoms with Gasteiger partial charge in [0.25, 0.3) is 0 Å². The van der Waals surface area contributed by atoms with Gasteiger partial charge in [0.05, 0.1) is 33.4 Å². The molecule has 0 amide bonds. The second-order valence-electron chi connectivity index (χ2n) is 6.07. The lowest BCUT2D eigenvalue weighted by molar-refractivity contribution is -0.150. The topological polar surface area (TPSA) is 71.1 Å². The van der Waals surface area contributed by atoms with Crippen LogP contribution in [-0.4, -0.2) is 39.8 Å². The first-order valence-corrected chi connectivity index (χ1v) is 8.20. The standard InChI is InChI=1S/C19H24O6/c1-5-25-18(21)19(11-16(12-20)23-3)10-14(19)8-13-6-7-15(22-2)9-17(13)24-4/h6-7,9,14H,5,8,10-11H2,1-4H3. The Bertz CT molecular complexity index is 676. The summed E-state index contributed by atoms with van der Waals surface area (Å²) in [5, 5.41) is 0. The van der Waals surface area contributed by atoms with Gasteiger partial charge in [0, 0.05) is 12.5 Å². The van der Waals surface area contributed by atoms with E-state index in [1.54, 1.807) is 27.1 Å². The molecule has 1 aromatic rings. The summed E-state index contributed by atoms with van der Waals surface area (Å²) in [5.41, 5.74) is 0.248. The van der Waals surface area contributed by atoms with E-state index < -0.39 is 5.41 Å². The molecule has 1 saturated carbocycles. The molecule has 6 nitrogen and oxygen atoms in total. The minimum atomic E-state index is -0.732. The molecule has 0 heterocycles. The fourth-order valence-electron chi connectivity index (χ4n) is 3.18. The Morgan fingerprint density at radius 2 is 2.04 bits per heavy atom. The molecule has 0 aromatic heterocycles. The predicted octanol–water partition coefficient (Wildman–Crippen LogP) is 2.57. The van der Waals surface area contributed by atoms with Gasteiger partial charge in [-0.1, -0.05) is 6.07 Å². The third-order valence-corrected chi connectivity index (χ3v) is 4.71. The lowest BCUT2D eigenvalue weighted by atomic mass is 9.94. The van der Waals surface area contributed by atoms with Crippen molar-refractivity contribution in [1.82, 2.24) is 0 Å². The molecule has 1 aliphatic carbocycles. The summed E-state index contributed by atoms with van der Waals surface area (Å²) in [4.78, 5) is 23.5. The average Bonchev–Trinajstić information content (AvgIpc) is 3.33. The maximum absolute atomic E-state index is 12.5. The van der Waals surface area contributed by atoms with E-state index in [0.29, 0.717) is 30.9 Å². The summed E-state index contributed by atoms with van der Waals surface area (Å²) in [5.74, 6) is 3.07. The van der Waals surface area contributed by atoms with Gasteiger partial charge in [-0.3, -0.25) is 4.79 Å². The molecule has 6 heteroatoms. The lowest BCUT2D eigenvalue weighted by Gasteiger charge is -2.17. The van der Waals surface area contributed by atoms with E-state index in [1.807, 2.05) is 18.2 Å². The third kappa shape index (κ3) is 3.97. The Morgan fingerprint density at radius 3 is 2.60 bits per heavy atom. The molecule has 1 fully saturated rings. The summed E-state index contributed by atoms with van der Waals surface area (Å²) in [6.07, 6.45) is 1.48. The quantitative estimate of drug-likeness (QED) is 0.388. The number of rotatable bonds is 9. The third-order valence-electron chi connectivity index (χ3n) is 4.71. The highest BCUT2D eigenvalue weighted by atomic mass is 16.5. The molecule has 0 bridgehead atoms. The Labute approximate surface area is 147 Å². The van der Waals surface area contributed by atoms with Crippen LogP contribution in [0.25, 0.3) is 0 Å². The molecule has 1 aliphatic rings. The van der Waals surface area contributed by atoms with Crippen molar-refractivity contribution in [3.8, 4) is 11.5 Å². The number of hydrogen-bond acceptors (Lipinski definition) is 6. The molecule has 2 atom stereocenters. The summed E-state index contributed by atoms with van der Waals surface area (Å²) in [7, 11) is 4.60. The fraction of sp³-hybridized carbons (Fsp3) is 0.526. The van der Waals surface area contributed by atoms with Gasteiger partial charge in [-0.05, 0) is 37.3 Å². The van der Waals surface area contributed by atoms with Crippen LogP contribution in [0.3, 0.4) is 0 Å². The van der Waals surface area contributed by atoms with E-state index in [0.717, 1.165) is 5.56 Å². The maximum Gasteiger partial charge on any atom is 0.312 e. The van der Waals surface area contributed by atoms with Crippen LogP contribution >= 0.6 is 0 Å². The van der Waals surface area contributed by atoms with E-state index in [4.69, 9.17) is 18.9 Å². The summed E-state index contributed by atoms with van der Waals surface area (Å²) in [6, 6.07) is 5.60. The number of allylic oxidation sites excluding steroid dienone is 1. The Kier molecular flexibility index (Phi) is 6.10. The maximum atomic E-state index is 12.5. The number of esters is 1. The Hall–Kier alpha value is -2.46. The van der Waals surface area contributed by atoms with Crippen LogP contribution in [0.5, 0.6) is 11.5 Å². The Balaban J connectivity index is 2.22. The summed E-state index contributed by atoms with van der Waals surface area (Å²) >= 11 is 0. The van der Waals surface area contributed by atoms with Crippen LogP contribution < -0.4 is 9.47 Å². The highest BCUT2D eigenvalue weighted by Gasteiger charge is 2.61. The van der Waals surface area contributed by atoms with Gasteiger partial charge in [0.2, 0.25) is 0 Å². The fourth-order valence-corrected chi connectivity index (χ4v) is 3.18. The van der Waals surface area contributed by atoms with Crippen LogP contribution in [0.4, 0.5) is 0 Å². The molecule has 25 heavy (non-hydrogen) atoms. The molecule has 0 N–H and O–H groups in total. The molecular weight excluding hydrogens is 324 g/mol. The minimum Gasteiger partial charge on any atom is -0.497 e. The normalized spacial score (nSPS) is 21.0. The van der Waals surface area contributed by atoms with Crippen molar-refractivity contribution < 1.29 is 28.5 Å². The van der Waals surface area contributed by atoms with Crippen LogP contribution in [0.15, 0.2) is 24.0 Å². The molecule has 2 unspecified atom stereocenters. The van der Waals surface area contributed by atoms with Gasteiger partial charge in [0.15, 0.2) is 11.7 Å².